The first-order chi connectivity index (χ1) is 13.8. The van der Waals surface area contributed by atoms with Crippen LogP contribution in [0.2, 0.25) is 0 Å². The first kappa shape index (κ1) is 18.4. The molecule has 2 aromatic heterocycles. The Morgan fingerprint density at radius 3 is 2.48 bits per heavy atom. The molecule has 0 radical (unpaired) electrons. The quantitative estimate of drug-likeness (QED) is 0.515. The minimum atomic E-state index is -0.552. The second-order valence-corrected chi connectivity index (χ2v) is 7.03. The van der Waals surface area contributed by atoms with Gasteiger partial charge in [-0.2, -0.15) is 0 Å². The van der Waals surface area contributed by atoms with Gasteiger partial charge in [0.25, 0.3) is 0 Å². The molecule has 6 heteroatoms. The molecule has 0 unspecified atom stereocenters. The highest BCUT2D eigenvalue weighted by atomic mass is 16.3. The Kier molecular flexibility index (Phi) is 4.39. The smallest absolute Gasteiger partial charge is 0.250 e. The van der Waals surface area contributed by atoms with E-state index in [1.165, 1.54) is 6.20 Å². The number of nitrogens with two attached hydrogens (primary N) is 2. The van der Waals surface area contributed by atoms with Crippen LogP contribution in [-0.2, 0) is 0 Å². The third kappa shape index (κ3) is 3.25. The van der Waals surface area contributed by atoms with Crippen LogP contribution in [0, 0.1) is 13.8 Å². The van der Waals surface area contributed by atoms with E-state index in [0.717, 1.165) is 16.7 Å². The van der Waals surface area contributed by atoms with Crippen molar-refractivity contribution in [2.24, 2.45) is 5.73 Å². The number of primary amides is 1. The number of amides is 1. The van der Waals surface area contributed by atoms with Gasteiger partial charge in [-0.15, -0.1) is 0 Å². The van der Waals surface area contributed by atoms with E-state index in [4.69, 9.17) is 15.9 Å². The molecule has 0 spiro atoms. The van der Waals surface area contributed by atoms with Crippen molar-refractivity contribution in [1.82, 2.24) is 4.98 Å². The molecular formula is C23H19N3O3. The summed E-state index contributed by atoms with van der Waals surface area (Å²) in [4.78, 5) is 28.5. The zero-order valence-electron chi connectivity index (χ0n) is 16.0. The fourth-order valence-corrected chi connectivity index (χ4v) is 3.39. The fraction of sp³-hybridized carbons (Fsp3) is 0.0870. The average Bonchev–Trinajstić information content (AvgIpc) is 3.03. The molecule has 0 saturated heterocycles. The van der Waals surface area contributed by atoms with Gasteiger partial charge in [-0.25, -0.2) is 0 Å². The van der Waals surface area contributed by atoms with Crippen molar-refractivity contribution in [2.75, 3.05) is 5.73 Å². The molecule has 0 saturated carbocycles. The number of carbonyl (C=O) groups is 2. The average molecular weight is 385 g/mol. The number of benzene rings is 2. The third-order valence-electron chi connectivity index (χ3n) is 4.92. The Balaban J connectivity index is 1.79. The van der Waals surface area contributed by atoms with Gasteiger partial charge in [0.15, 0.2) is 5.76 Å². The predicted octanol–water partition coefficient (Wildman–Crippen LogP) is 4.02. The van der Waals surface area contributed by atoms with E-state index in [9.17, 15) is 9.59 Å². The lowest BCUT2D eigenvalue weighted by molar-refractivity contribution is 0.0996. The molecule has 29 heavy (non-hydrogen) atoms. The highest BCUT2D eigenvalue weighted by molar-refractivity contribution is 6.15. The van der Waals surface area contributed by atoms with Gasteiger partial charge in [0.1, 0.15) is 5.58 Å². The molecule has 4 rings (SSSR count). The minimum absolute atomic E-state index is 0.119. The summed E-state index contributed by atoms with van der Waals surface area (Å²) in [6.45, 7) is 3.86. The maximum absolute atomic E-state index is 13.0. The van der Waals surface area contributed by atoms with E-state index in [-0.39, 0.29) is 11.5 Å². The van der Waals surface area contributed by atoms with Crippen molar-refractivity contribution in [1.29, 1.82) is 0 Å². The second-order valence-electron chi connectivity index (χ2n) is 7.03. The number of fused-ring (bicyclic) bond motifs is 1. The van der Waals surface area contributed by atoms with Gasteiger partial charge in [-0.05, 0) is 43.2 Å². The standard InChI is InChI=1S/C23H19N3O3/c1-12-3-5-17(13(2)7-12)21(27)22-20(24)18-6-4-14(9-19(18)29-22)15-8-16(23(25)28)11-26-10-15/h3-11H,24H2,1-2H3,(H2,25,28). The maximum atomic E-state index is 13.0. The van der Waals surface area contributed by atoms with E-state index >= 15 is 0 Å². The number of ketones is 1. The van der Waals surface area contributed by atoms with Crippen LogP contribution in [0.1, 0.15) is 37.6 Å². The normalized spacial score (nSPS) is 11.0. The third-order valence-corrected chi connectivity index (χ3v) is 4.92. The van der Waals surface area contributed by atoms with Crippen LogP contribution < -0.4 is 11.5 Å². The molecule has 0 fully saturated rings. The van der Waals surface area contributed by atoms with E-state index in [0.29, 0.717) is 33.3 Å². The number of nitrogen functional groups attached to an aromatic ring is 1. The molecule has 0 aliphatic carbocycles. The van der Waals surface area contributed by atoms with Crippen LogP contribution in [0.15, 0.2) is 59.3 Å². The molecule has 2 aromatic carbocycles. The van der Waals surface area contributed by atoms with Gasteiger partial charge in [-0.1, -0.05) is 29.8 Å². The van der Waals surface area contributed by atoms with Crippen LogP contribution >= 0.6 is 0 Å². The van der Waals surface area contributed by atoms with Crippen LogP contribution in [0.4, 0.5) is 5.69 Å². The van der Waals surface area contributed by atoms with Gasteiger partial charge in [0, 0.05) is 28.9 Å². The largest absolute Gasteiger partial charge is 0.450 e. The maximum Gasteiger partial charge on any atom is 0.250 e. The summed E-state index contributed by atoms with van der Waals surface area (Å²) in [5, 5.41) is 0.654. The lowest BCUT2D eigenvalue weighted by Gasteiger charge is -2.04. The van der Waals surface area contributed by atoms with Crippen LogP contribution in [0.25, 0.3) is 22.1 Å². The van der Waals surface area contributed by atoms with Gasteiger partial charge in [-0.3, -0.25) is 14.6 Å². The van der Waals surface area contributed by atoms with Crippen molar-refractivity contribution >= 4 is 28.3 Å². The topological polar surface area (TPSA) is 112 Å². The molecule has 2 heterocycles. The highest BCUT2D eigenvalue weighted by Gasteiger charge is 2.22. The molecule has 1 amide bonds. The summed E-state index contributed by atoms with van der Waals surface area (Å²) in [5.74, 6) is -0.688. The Morgan fingerprint density at radius 2 is 1.76 bits per heavy atom. The van der Waals surface area contributed by atoms with Crippen LogP contribution in [0.5, 0.6) is 0 Å². The monoisotopic (exact) mass is 385 g/mol. The number of aromatic nitrogens is 1. The van der Waals surface area contributed by atoms with E-state index in [1.54, 1.807) is 30.5 Å². The summed E-state index contributed by atoms with van der Waals surface area (Å²) in [6.07, 6.45) is 3.04. The minimum Gasteiger partial charge on any atom is -0.450 e. The summed E-state index contributed by atoms with van der Waals surface area (Å²) in [7, 11) is 0. The molecule has 0 aliphatic heterocycles. The van der Waals surface area contributed by atoms with Gasteiger partial charge >= 0.3 is 0 Å². The summed E-state index contributed by atoms with van der Waals surface area (Å²) >= 11 is 0. The number of hydrogen-bond donors (Lipinski definition) is 2. The first-order valence-corrected chi connectivity index (χ1v) is 9.04. The van der Waals surface area contributed by atoms with Crippen LogP contribution in [-0.4, -0.2) is 16.7 Å². The van der Waals surface area contributed by atoms with E-state index in [1.807, 2.05) is 32.0 Å². The van der Waals surface area contributed by atoms with Crippen molar-refractivity contribution in [3.8, 4) is 11.1 Å². The van der Waals surface area contributed by atoms with Gasteiger partial charge in [0.05, 0.1) is 11.3 Å². The Hall–Kier alpha value is -3.93. The fourth-order valence-electron chi connectivity index (χ4n) is 3.39. The summed E-state index contributed by atoms with van der Waals surface area (Å²) in [5.41, 5.74) is 16.6. The predicted molar refractivity (Wildman–Crippen MR) is 112 cm³/mol. The second kappa shape index (κ2) is 6.91. The van der Waals surface area contributed by atoms with E-state index < -0.39 is 5.91 Å². The molecule has 4 aromatic rings. The molecule has 0 atom stereocenters. The molecule has 4 N–H and O–H groups in total. The van der Waals surface area contributed by atoms with Gasteiger partial charge < -0.3 is 15.9 Å². The Morgan fingerprint density at radius 1 is 0.966 bits per heavy atom. The SMILES string of the molecule is Cc1ccc(C(=O)c2oc3cc(-c4cncc(C(N)=O)c4)ccc3c2N)c(C)c1. The van der Waals surface area contributed by atoms with Crippen molar-refractivity contribution < 1.29 is 14.0 Å². The van der Waals surface area contributed by atoms with Gasteiger partial charge in [0.2, 0.25) is 11.7 Å². The lowest BCUT2D eigenvalue weighted by Crippen LogP contribution is -2.11. The number of anilines is 1. The van der Waals surface area contributed by atoms with Crippen molar-refractivity contribution in [3.05, 3.63) is 82.9 Å². The zero-order valence-corrected chi connectivity index (χ0v) is 16.0. The Bertz CT molecular complexity index is 1290. The van der Waals surface area contributed by atoms with Crippen molar-refractivity contribution in [2.45, 2.75) is 13.8 Å². The summed E-state index contributed by atoms with van der Waals surface area (Å²) in [6, 6.07) is 12.7. The molecule has 6 nitrogen and oxygen atoms in total. The zero-order chi connectivity index (χ0) is 20.7. The molecule has 144 valence electrons. The number of nitrogens with zero attached hydrogens (tertiary/aromatic N) is 1. The van der Waals surface area contributed by atoms with E-state index in [2.05, 4.69) is 4.98 Å². The number of aryl methyl sites for hydroxylation is 2. The van der Waals surface area contributed by atoms with Crippen molar-refractivity contribution in [3.63, 3.8) is 0 Å². The number of rotatable bonds is 4. The summed E-state index contributed by atoms with van der Waals surface area (Å²) < 4.78 is 5.85. The molecular weight excluding hydrogens is 366 g/mol. The number of furan rings is 1. The molecule has 0 bridgehead atoms. The number of pyridine rings is 1. The Labute approximate surface area is 167 Å². The molecule has 0 aliphatic rings. The highest BCUT2D eigenvalue weighted by Crippen LogP contribution is 2.33. The number of hydrogen-bond acceptors (Lipinski definition) is 5. The van der Waals surface area contributed by atoms with Crippen LogP contribution in [0.3, 0.4) is 0 Å². The lowest BCUT2D eigenvalue weighted by atomic mass is 10.00. The number of carbonyl (C=O) groups excluding carboxylic acids is 2. The first-order valence-electron chi connectivity index (χ1n) is 9.04.